The third kappa shape index (κ3) is 5.35. The molecule has 2 aliphatic heterocycles. The average Bonchev–Trinajstić information content (AvgIpc) is 3.17. The largest absolute Gasteiger partial charge is 0.398 e. The fraction of sp³-hybridized carbons (Fsp3) is 0.407. The predicted octanol–water partition coefficient (Wildman–Crippen LogP) is 4.61. The van der Waals surface area contributed by atoms with Crippen molar-refractivity contribution in [2.75, 3.05) is 23.7 Å². The quantitative estimate of drug-likeness (QED) is 0.300. The number of hydrogen-bond acceptors (Lipinski definition) is 5. The zero-order chi connectivity index (χ0) is 23.9. The highest BCUT2D eigenvalue weighted by Crippen LogP contribution is 2.37. The van der Waals surface area contributed by atoms with E-state index < -0.39 is 0 Å². The summed E-state index contributed by atoms with van der Waals surface area (Å²) in [6.07, 6.45) is 17.2. The molecule has 2 aromatic rings. The van der Waals surface area contributed by atoms with Crippen LogP contribution in [0, 0.1) is 0 Å². The maximum atomic E-state index is 13.0. The number of fused-ring (bicyclic) bond motifs is 3. The second-order valence-corrected chi connectivity index (χ2v) is 8.95. The standard InChI is InChI=1S/C27H32N4O3/c28-22-19-20-11-9-16-29-26(20)27-21(22)12-10-18-31(27)23(32)13-7-5-3-1-2-4-6-8-17-30-24(33)14-15-25(30)34/h9-12,14-16,19H,1-8,13,17-18,28H2. The second-order valence-electron chi connectivity index (χ2n) is 8.95. The summed E-state index contributed by atoms with van der Waals surface area (Å²) in [5.41, 5.74) is 9.45. The molecule has 2 N–H and O–H groups in total. The van der Waals surface area contributed by atoms with Crippen molar-refractivity contribution < 1.29 is 14.4 Å². The monoisotopic (exact) mass is 460 g/mol. The molecule has 7 heteroatoms. The van der Waals surface area contributed by atoms with Crippen LogP contribution >= 0.6 is 0 Å². The van der Waals surface area contributed by atoms with E-state index in [-0.39, 0.29) is 17.7 Å². The van der Waals surface area contributed by atoms with Crippen LogP contribution in [-0.2, 0) is 14.4 Å². The van der Waals surface area contributed by atoms with Crippen molar-refractivity contribution in [3.63, 3.8) is 0 Å². The molecule has 1 aromatic carbocycles. The number of imide groups is 1. The molecule has 2 aliphatic rings. The van der Waals surface area contributed by atoms with Crippen LogP contribution in [0.1, 0.15) is 63.4 Å². The minimum absolute atomic E-state index is 0.114. The number of amides is 3. The van der Waals surface area contributed by atoms with Crippen LogP contribution in [0.2, 0.25) is 0 Å². The summed E-state index contributed by atoms with van der Waals surface area (Å²) in [4.78, 5) is 43.7. The summed E-state index contributed by atoms with van der Waals surface area (Å²) < 4.78 is 0. The van der Waals surface area contributed by atoms with E-state index in [0.29, 0.717) is 25.2 Å². The van der Waals surface area contributed by atoms with Gasteiger partial charge < -0.3 is 10.6 Å². The van der Waals surface area contributed by atoms with Crippen LogP contribution < -0.4 is 10.6 Å². The molecule has 4 rings (SSSR count). The Morgan fingerprint density at radius 3 is 2.35 bits per heavy atom. The molecule has 0 spiro atoms. The van der Waals surface area contributed by atoms with Gasteiger partial charge in [0.1, 0.15) is 0 Å². The summed E-state index contributed by atoms with van der Waals surface area (Å²) in [5, 5.41) is 0.946. The molecule has 0 fully saturated rings. The Hall–Kier alpha value is -3.48. The minimum atomic E-state index is -0.198. The SMILES string of the molecule is Nc1cc2cccnc2c2c1C=CCN2C(=O)CCCCCCCCCCN1C(=O)C=CC1=O. The zero-order valence-electron chi connectivity index (χ0n) is 19.5. The lowest BCUT2D eigenvalue weighted by Gasteiger charge is -2.28. The van der Waals surface area contributed by atoms with Gasteiger partial charge in [-0.05, 0) is 25.0 Å². The molecule has 0 unspecified atom stereocenters. The Balaban J connectivity index is 1.15. The summed E-state index contributed by atoms with van der Waals surface area (Å²) in [6.45, 7) is 1.06. The lowest BCUT2D eigenvalue weighted by molar-refractivity contribution is -0.136. The normalized spacial score (nSPS) is 14.9. The van der Waals surface area contributed by atoms with E-state index in [1.165, 1.54) is 17.1 Å². The number of carbonyl (C=O) groups excluding carboxylic acids is 3. The summed E-state index contributed by atoms with van der Waals surface area (Å²) in [5.74, 6) is -0.281. The third-order valence-corrected chi connectivity index (χ3v) is 6.51. The summed E-state index contributed by atoms with van der Waals surface area (Å²) in [7, 11) is 0. The smallest absolute Gasteiger partial charge is 0.253 e. The molecule has 3 amide bonds. The summed E-state index contributed by atoms with van der Waals surface area (Å²) >= 11 is 0. The van der Waals surface area contributed by atoms with Gasteiger partial charge in [0.2, 0.25) is 5.91 Å². The van der Waals surface area contributed by atoms with Crippen LogP contribution in [0.25, 0.3) is 17.0 Å². The van der Waals surface area contributed by atoms with E-state index in [1.807, 2.05) is 35.3 Å². The van der Waals surface area contributed by atoms with Gasteiger partial charge in [0.15, 0.2) is 0 Å². The number of nitrogens with two attached hydrogens (primary N) is 1. The van der Waals surface area contributed by atoms with E-state index in [1.54, 1.807) is 6.20 Å². The first-order valence-electron chi connectivity index (χ1n) is 12.2. The maximum absolute atomic E-state index is 13.0. The first-order chi connectivity index (χ1) is 16.6. The van der Waals surface area contributed by atoms with Gasteiger partial charge in [0.05, 0.1) is 11.2 Å². The highest BCUT2D eigenvalue weighted by Gasteiger charge is 2.24. The number of aromatic nitrogens is 1. The number of carbonyl (C=O) groups is 3. The Kier molecular flexibility index (Phi) is 7.72. The van der Waals surface area contributed by atoms with Crippen LogP contribution in [-0.4, -0.2) is 40.7 Å². The van der Waals surface area contributed by atoms with E-state index in [2.05, 4.69) is 4.98 Å². The van der Waals surface area contributed by atoms with Crippen molar-refractivity contribution in [1.82, 2.24) is 9.88 Å². The third-order valence-electron chi connectivity index (χ3n) is 6.51. The Morgan fingerprint density at radius 1 is 0.941 bits per heavy atom. The van der Waals surface area contributed by atoms with Crippen molar-refractivity contribution >= 4 is 46.1 Å². The fourth-order valence-corrected chi connectivity index (χ4v) is 4.68. The van der Waals surface area contributed by atoms with Gasteiger partial charge in [-0.1, -0.05) is 56.7 Å². The molecule has 34 heavy (non-hydrogen) atoms. The first-order valence-corrected chi connectivity index (χ1v) is 12.2. The number of benzene rings is 1. The average molecular weight is 461 g/mol. The van der Waals surface area contributed by atoms with Crippen LogP contribution in [0.4, 0.5) is 11.4 Å². The van der Waals surface area contributed by atoms with Crippen LogP contribution in [0.5, 0.6) is 0 Å². The lowest BCUT2D eigenvalue weighted by atomic mass is 10.0. The van der Waals surface area contributed by atoms with E-state index in [4.69, 9.17) is 5.73 Å². The van der Waals surface area contributed by atoms with Crippen molar-refractivity contribution in [2.24, 2.45) is 0 Å². The van der Waals surface area contributed by atoms with E-state index >= 15 is 0 Å². The highest BCUT2D eigenvalue weighted by atomic mass is 16.2. The maximum Gasteiger partial charge on any atom is 0.253 e. The molecule has 0 radical (unpaired) electrons. The molecule has 0 saturated heterocycles. The fourth-order valence-electron chi connectivity index (χ4n) is 4.68. The molecule has 178 valence electrons. The topological polar surface area (TPSA) is 96.6 Å². The zero-order valence-corrected chi connectivity index (χ0v) is 19.5. The molecular formula is C27H32N4O3. The molecule has 0 bridgehead atoms. The van der Waals surface area contributed by atoms with Gasteiger partial charge in [-0.3, -0.25) is 24.3 Å². The number of nitrogen functional groups attached to an aromatic ring is 1. The molecule has 0 saturated carbocycles. The van der Waals surface area contributed by atoms with Crippen LogP contribution in [0.3, 0.4) is 0 Å². The predicted molar refractivity (Wildman–Crippen MR) is 135 cm³/mol. The van der Waals surface area contributed by atoms with E-state index in [9.17, 15) is 14.4 Å². The summed E-state index contributed by atoms with van der Waals surface area (Å²) in [6, 6.07) is 5.77. The van der Waals surface area contributed by atoms with Crippen LogP contribution in [0.15, 0.2) is 42.6 Å². The van der Waals surface area contributed by atoms with Gasteiger partial charge >= 0.3 is 0 Å². The van der Waals surface area contributed by atoms with Gasteiger partial charge in [-0.2, -0.15) is 0 Å². The number of rotatable bonds is 11. The molecule has 7 nitrogen and oxygen atoms in total. The highest BCUT2D eigenvalue weighted by molar-refractivity contribution is 6.13. The van der Waals surface area contributed by atoms with Gasteiger partial charge in [-0.15, -0.1) is 0 Å². The number of anilines is 2. The van der Waals surface area contributed by atoms with Crippen molar-refractivity contribution in [2.45, 2.75) is 57.8 Å². The first kappa shape index (κ1) is 23.7. The number of hydrogen-bond donors (Lipinski definition) is 1. The molecule has 0 atom stereocenters. The van der Waals surface area contributed by atoms with Gasteiger partial charge in [-0.25, -0.2) is 0 Å². The van der Waals surface area contributed by atoms with Gasteiger partial charge in [0.25, 0.3) is 11.8 Å². The minimum Gasteiger partial charge on any atom is -0.398 e. The Morgan fingerprint density at radius 2 is 1.62 bits per heavy atom. The molecule has 3 heterocycles. The Bertz CT molecular complexity index is 1120. The molecular weight excluding hydrogens is 428 g/mol. The number of nitrogens with zero attached hydrogens (tertiary/aromatic N) is 3. The van der Waals surface area contributed by atoms with Crippen molar-refractivity contribution in [3.8, 4) is 0 Å². The molecule has 1 aromatic heterocycles. The van der Waals surface area contributed by atoms with Crippen molar-refractivity contribution in [3.05, 3.63) is 48.2 Å². The van der Waals surface area contributed by atoms with Crippen molar-refractivity contribution in [1.29, 1.82) is 0 Å². The second kappa shape index (κ2) is 11.1. The van der Waals surface area contributed by atoms with Gasteiger partial charge in [0, 0.05) is 54.5 Å². The Labute approximate surface area is 200 Å². The molecule has 0 aliphatic carbocycles. The lowest BCUT2D eigenvalue weighted by Crippen LogP contribution is -2.33. The number of unbranched alkanes of at least 4 members (excludes halogenated alkanes) is 7. The number of pyridine rings is 1. The van der Waals surface area contributed by atoms with E-state index in [0.717, 1.165) is 73.5 Å².